The van der Waals surface area contributed by atoms with Gasteiger partial charge < -0.3 is 9.73 Å². The van der Waals surface area contributed by atoms with E-state index in [2.05, 4.69) is 10.4 Å². The Bertz CT molecular complexity index is 823. The quantitative estimate of drug-likeness (QED) is 0.783. The molecule has 0 aliphatic rings. The Kier molecular flexibility index (Phi) is 4.46. The number of furan rings is 1. The molecule has 3 aromatic rings. The number of hydrogen-bond donors (Lipinski definition) is 1. The van der Waals surface area contributed by atoms with Crippen LogP contribution in [0.2, 0.25) is 0 Å². The van der Waals surface area contributed by atoms with Crippen LogP contribution in [0.5, 0.6) is 0 Å². The maximum absolute atomic E-state index is 13.0. The number of carbonyl (C=O) groups excluding carboxylic acids is 1. The number of rotatable bonds is 5. The summed E-state index contributed by atoms with van der Waals surface area (Å²) in [6, 6.07) is 11.3. The van der Waals surface area contributed by atoms with Crippen LogP contribution < -0.4 is 5.32 Å². The number of amides is 1. The second-order valence-corrected chi connectivity index (χ2v) is 5.70. The van der Waals surface area contributed by atoms with Gasteiger partial charge in [-0.3, -0.25) is 9.48 Å². The van der Waals surface area contributed by atoms with Gasteiger partial charge in [-0.15, -0.1) is 0 Å². The third kappa shape index (κ3) is 3.53. The van der Waals surface area contributed by atoms with Crippen molar-refractivity contribution in [3.8, 4) is 11.3 Å². The van der Waals surface area contributed by atoms with E-state index < -0.39 is 0 Å². The van der Waals surface area contributed by atoms with Crippen LogP contribution in [0, 0.1) is 5.82 Å². The van der Waals surface area contributed by atoms with Gasteiger partial charge in [0.05, 0.1) is 12.0 Å². The van der Waals surface area contributed by atoms with E-state index in [9.17, 15) is 9.18 Å². The molecular weight excluding hydrogens is 309 g/mol. The maximum atomic E-state index is 13.0. The molecule has 1 amide bonds. The lowest BCUT2D eigenvalue weighted by molar-refractivity contribution is 0.0929. The maximum Gasteiger partial charge on any atom is 0.269 e. The fourth-order valence-electron chi connectivity index (χ4n) is 2.52. The summed E-state index contributed by atoms with van der Waals surface area (Å²) >= 11 is 0. The van der Waals surface area contributed by atoms with Crippen LogP contribution in [0.15, 0.2) is 53.1 Å². The first kappa shape index (κ1) is 16.0. The number of benzene rings is 1. The number of nitrogens with zero attached hydrogens (tertiary/aromatic N) is 2. The first-order valence-electron chi connectivity index (χ1n) is 7.66. The highest BCUT2D eigenvalue weighted by Gasteiger charge is 2.17. The van der Waals surface area contributed by atoms with E-state index in [1.807, 2.05) is 19.1 Å². The zero-order valence-electron chi connectivity index (χ0n) is 13.5. The minimum Gasteiger partial charge on any atom is -0.469 e. The fourth-order valence-corrected chi connectivity index (χ4v) is 2.52. The summed E-state index contributed by atoms with van der Waals surface area (Å²) in [5, 5.41) is 7.26. The molecule has 0 aliphatic heterocycles. The van der Waals surface area contributed by atoms with Crippen molar-refractivity contribution in [3.63, 3.8) is 0 Å². The van der Waals surface area contributed by atoms with Gasteiger partial charge in [-0.2, -0.15) is 5.10 Å². The minimum atomic E-state index is -0.306. The molecule has 0 aliphatic carbocycles. The molecule has 0 radical (unpaired) electrons. The van der Waals surface area contributed by atoms with Crippen molar-refractivity contribution in [2.24, 2.45) is 7.05 Å². The molecule has 1 aromatic carbocycles. The van der Waals surface area contributed by atoms with E-state index in [0.29, 0.717) is 17.8 Å². The van der Waals surface area contributed by atoms with Crippen molar-refractivity contribution in [3.05, 3.63) is 66.0 Å². The Labute approximate surface area is 139 Å². The third-order valence-electron chi connectivity index (χ3n) is 3.72. The largest absolute Gasteiger partial charge is 0.469 e. The monoisotopic (exact) mass is 327 g/mol. The standard InChI is InChI=1S/C18H18FN3O2/c1-12(10-15-4-3-9-24-15)20-18(23)17-11-16(21-22(17)2)13-5-7-14(19)8-6-13/h3-9,11-12H,10H2,1-2H3,(H,20,23)/t12-/m1/s1. The van der Waals surface area contributed by atoms with Crippen molar-refractivity contribution < 1.29 is 13.6 Å². The Hall–Kier alpha value is -2.89. The van der Waals surface area contributed by atoms with E-state index in [-0.39, 0.29) is 17.8 Å². The molecule has 24 heavy (non-hydrogen) atoms. The van der Waals surface area contributed by atoms with E-state index in [0.717, 1.165) is 11.3 Å². The molecule has 0 saturated heterocycles. The van der Waals surface area contributed by atoms with E-state index in [4.69, 9.17) is 4.42 Å². The molecule has 6 heteroatoms. The predicted molar refractivity (Wildman–Crippen MR) is 87.9 cm³/mol. The van der Waals surface area contributed by atoms with Gasteiger partial charge in [-0.05, 0) is 49.4 Å². The molecule has 0 fully saturated rings. The van der Waals surface area contributed by atoms with Crippen LogP contribution in [-0.2, 0) is 13.5 Å². The zero-order valence-corrected chi connectivity index (χ0v) is 13.5. The van der Waals surface area contributed by atoms with Crippen LogP contribution in [0.1, 0.15) is 23.2 Å². The Balaban J connectivity index is 1.72. The number of halogens is 1. The summed E-state index contributed by atoms with van der Waals surface area (Å²) in [6.45, 7) is 1.91. The van der Waals surface area contributed by atoms with Gasteiger partial charge in [0.15, 0.2) is 0 Å². The molecule has 3 rings (SSSR count). The van der Waals surface area contributed by atoms with Gasteiger partial charge in [0, 0.05) is 25.1 Å². The van der Waals surface area contributed by atoms with Crippen molar-refractivity contribution >= 4 is 5.91 Å². The number of nitrogens with one attached hydrogen (secondary N) is 1. The lowest BCUT2D eigenvalue weighted by Gasteiger charge is -2.12. The van der Waals surface area contributed by atoms with Crippen molar-refractivity contribution in [2.75, 3.05) is 0 Å². The van der Waals surface area contributed by atoms with Crippen LogP contribution in [-0.4, -0.2) is 21.7 Å². The summed E-state index contributed by atoms with van der Waals surface area (Å²) in [5.74, 6) is 0.302. The number of aryl methyl sites for hydroxylation is 1. The second kappa shape index (κ2) is 6.70. The summed E-state index contributed by atoms with van der Waals surface area (Å²) < 4.78 is 19.8. The highest BCUT2D eigenvalue weighted by Crippen LogP contribution is 2.19. The number of aromatic nitrogens is 2. The molecule has 2 aromatic heterocycles. The third-order valence-corrected chi connectivity index (χ3v) is 3.72. The summed E-state index contributed by atoms with van der Waals surface area (Å²) in [6.07, 6.45) is 2.22. The SMILES string of the molecule is C[C@H](Cc1ccco1)NC(=O)c1cc(-c2ccc(F)cc2)nn1C. The van der Waals surface area contributed by atoms with Gasteiger partial charge in [-0.1, -0.05) is 0 Å². The first-order chi connectivity index (χ1) is 11.5. The predicted octanol–water partition coefficient (Wildman–Crippen LogP) is 3.18. The van der Waals surface area contributed by atoms with Gasteiger partial charge in [-0.25, -0.2) is 4.39 Å². The van der Waals surface area contributed by atoms with Crippen molar-refractivity contribution in [1.29, 1.82) is 0 Å². The Morgan fingerprint density at radius 2 is 2.08 bits per heavy atom. The Morgan fingerprint density at radius 1 is 1.33 bits per heavy atom. The molecule has 5 nitrogen and oxygen atoms in total. The topological polar surface area (TPSA) is 60.1 Å². The van der Waals surface area contributed by atoms with Crippen molar-refractivity contribution in [2.45, 2.75) is 19.4 Å². The average Bonchev–Trinajstić information content (AvgIpc) is 3.17. The minimum absolute atomic E-state index is 0.0761. The molecule has 1 atom stereocenters. The average molecular weight is 327 g/mol. The fraction of sp³-hybridized carbons (Fsp3) is 0.222. The molecular formula is C18H18FN3O2. The smallest absolute Gasteiger partial charge is 0.269 e. The van der Waals surface area contributed by atoms with Gasteiger partial charge in [0.1, 0.15) is 17.3 Å². The van der Waals surface area contributed by atoms with Gasteiger partial charge >= 0.3 is 0 Å². The number of hydrogen-bond acceptors (Lipinski definition) is 3. The van der Waals surface area contributed by atoms with Crippen LogP contribution >= 0.6 is 0 Å². The van der Waals surface area contributed by atoms with Gasteiger partial charge in [0.2, 0.25) is 0 Å². The molecule has 124 valence electrons. The van der Waals surface area contributed by atoms with E-state index >= 15 is 0 Å². The highest BCUT2D eigenvalue weighted by atomic mass is 19.1. The second-order valence-electron chi connectivity index (χ2n) is 5.70. The van der Waals surface area contributed by atoms with Gasteiger partial charge in [0.25, 0.3) is 5.91 Å². The zero-order chi connectivity index (χ0) is 17.1. The summed E-state index contributed by atoms with van der Waals surface area (Å²) in [4.78, 5) is 12.4. The summed E-state index contributed by atoms with van der Waals surface area (Å²) in [5.41, 5.74) is 1.83. The summed E-state index contributed by atoms with van der Waals surface area (Å²) in [7, 11) is 1.71. The lowest BCUT2D eigenvalue weighted by atomic mass is 10.1. The van der Waals surface area contributed by atoms with Crippen LogP contribution in [0.4, 0.5) is 4.39 Å². The molecule has 0 unspecified atom stereocenters. The highest BCUT2D eigenvalue weighted by molar-refractivity contribution is 5.93. The molecule has 0 spiro atoms. The van der Waals surface area contributed by atoms with Crippen molar-refractivity contribution in [1.82, 2.24) is 15.1 Å². The molecule has 0 saturated carbocycles. The molecule has 1 N–H and O–H groups in total. The normalized spacial score (nSPS) is 12.1. The Morgan fingerprint density at radius 3 is 2.75 bits per heavy atom. The van der Waals surface area contributed by atoms with E-state index in [1.54, 1.807) is 31.5 Å². The molecule has 0 bridgehead atoms. The molecule has 2 heterocycles. The lowest BCUT2D eigenvalue weighted by Crippen LogP contribution is -2.35. The number of carbonyl (C=O) groups is 1. The van der Waals surface area contributed by atoms with E-state index in [1.165, 1.54) is 16.8 Å². The van der Waals surface area contributed by atoms with Crippen LogP contribution in [0.25, 0.3) is 11.3 Å². The first-order valence-corrected chi connectivity index (χ1v) is 7.66. The van der Waals surface area contributed by atoms with Crippen LogP contribution in [0.3, 0.4) is 0 Å².